The van der Waals surface area contributed by atoms with Gasteiger partial charge < -0.3 is 0 Å². The predicted molar refractivity (Wildman–Crippen MR) is 106 cm³/mol. The Morgan fingerprint density at radius 1 is 1.07 bits per heavy atom. The molecular formula is C22H22N4O. The number of rotatable bonds is 4. The lowest BCUT2D eigenvalue weighted by Gasteiger charge is -2.22. The molecule has 1 aromatic heterocycles. The van der Waals surface area contributed by atoms with E-state index in [0.717, 1.165) is 34.3 Å². The van der Waals surface area contributed by atoms with Gasteiger partial charge >= 0.3 is 0 Å². The average molecular weight is 358 g/mol. The Bertz CT molecular complexity index is 1010. The number of fused-ring (bicyclic) bond motifs is 1. The summed E-state index contributed by atoms with van der Waals surface area (Å²) >= 11 is 0. The summed E-state index contributed by atoms with van der Waals surface area (Å²) in [7, 11) is 0. The molecule has 0 saturated heterocycles. The van der Waals surface area contributed by atoms with Crippen LogP contribution in [0.15, 0.2) is 60.0 Å². The number of carbonyl (C=O) groups is 1. The maximum atomic E-state index is 12.7. The highest BCUT2D eigenvalue weighted by atomic mass is 16.2. The summed E-state index contributed by atoms with van der Waals surface area (Å²) in [6.07, 6.45) is 5.38. The maximum Gasteiger partial charge on any atom is 0.243 e. The third-order valence-corrected chi connectivity index (χ3v) is 4.89. The molecule has 1 aliphatic rings. The van der Waals surface area contributed by atoms with Crippen LogP contribution in [-0.4, -0.2) is 26.6 Å². The highest BCUT2D eigenvalue weighted by Gasteiger charge is 2.32. The first-order valence-corrected chi connectivity index (χ1v) is 9.33. The summed E-state index contributed by atoms with van der Waals surface area (Å²) in [5, 5.41) is 6.37. The average Bonchev–Trinajstić information content (AvgIpc) is 3.14. The first kappa shape index (κ1) is 17.3. The summed E-state index contributed by atoms with van der Waals surface area (Å²) in [6.45, 7) is 4.08. The van der Waals surface area contributed by atoms with Gasteiger partial charge in [0.15, 0.2) is 0 Å². The van der Waals surface area contributed by atoms with Crippen molar-refractivity contribution in [1.82, 2.24) is 15.0 Å². The van der Waals surface area contributed by atoms with Gasteiger partial charge in [0.2, 0.25) is 5.91 Å². The molecule has 4 rings (SSSR count). The van der Waals surface area contributed by atoms with E-state index in [0.29, 0.717) is 12.8 Å². The van der Waals surface area contributed by atoms with Crippen molar-refractivity contribution in [3.8, 4) is 0 Å². The molecule has 5 nitrogen and oxygen atoms in total. The van der Waals surface area contributed by atoms with E-state index in [9.17, 15) is 4.79 Å². The predicted octanol–water partition coefficient (Wildman–Crippen LogP) is 4.42. The smallest absolute Gasteiger partial charge is 0.243 e. The largest absolute Gasteiger partial charge is 0.273 e. The first-order chi connectivity index (χ1) is 13.2. The fourth-order valence-corrected chi connectivity index (χ4v) is 3.44. The van der Waals surface area contributed by atoms with Gasteiger partial charge in [-0.05, 0) is 36.6 Å². The topological polar surface area (TPSA) is 58.5 Å². The van der Waals surface area contributed by atoms with Crippen LogP contribution in [0.2, 0.25) is 0 Å². The number of aryl methyl sites for hydroxylation is 1. The van der Waals surface area contributed by atoms with Crippen LogP contribution in [0, 0.1) is 6.92 Å². The molecule has 0 unspecified atom stereocenters. The molecule has 0 fully saturated rings. The highest BCUT2D eigenvalue weighted by Crippen LogP contribution is 2.34. The third-order valence-electron chi connectivity index (χ3n) is 4.89. The number of benzene rings is 2. The van der Waals surface area contributed by atoms with E-state index < -0.39 is 0 Å². The van der Waals surface area contributed by atoms with Gasteiger partial charge in [0.25, 0.3) is 0 Å². The number of hydrogen-bond donors (Lipinski definition) is 0. The van der Waals surface area contributed by atoms with Crippen molar-refractivity contribution < 1.29 is 4.79 Å². The molecule has 1 amide bonds. The zero-order valence-electron chi connectivity index (χ0n) is 15.6. The third kappa shape index (κ3) is 3.45. The SMILES string of the molecule is CCCC(=O)N1N=C(c2ccc(C)cc2)C[C@@H]1c1ccc2nccnc2c1. The van der Waals surface area contributed by atoms with Crippen LogP contribution in [0.25, 0.3) is 11.0 Å². The van der Waals surface area contributed by atoms with E-state index in [-0.39, 0.29) is 11.9 Å². The van der Waals surface area contributed by atoms with Gasteiger partial charge in [0, 0.05) is 25.2 Å². The van der Waals surface area contributed by atoms with Crippen LogP contribution in [0.3, 0.4) is 0 Å². The molecule has 0 N–H and O–H groups in total. The Kier molecular flexibility index (Phi) is 4.67. The van der Waals surface area contributed by atoms with Crippen molar-refractivity contribution in [3.63, 3.8) is 0 Å². The summed E-state index contributed by atoms with van der Waals surface area (Å²) in [6, 6.07) is 14.2. The lowest BCUT2D eigenvalue weighted by molar-refractivity contribution is -0.133. The lowest BCUT2D eigenvalue weighted by atomic mass is 9.97. The van der Waals surface area contributed by atoms with Gasteiger partial charge in [-0.2, -0.15) is 5.10 Å². The van der Waals surface area contributed by atoms with E-state index in [4.69, 9.17) is 5.10 Å². The monoisotopic (exact) mass is 358 g/mol. The zero-order valence-corrected chi connectivity index (χ0v) is 15.6. The Labute approximate surface area is 158 Å². The standard InChI is InChI=1S/C22H22N4O/c1-3-4-22(27)26-21(14-19(25-26)16-7-5-15(2)6-8-16)17-9-10-18-20(13-17)24-12-11-23-18/h5-13,21H,3-4,14H2,1-2H3/t21-/m1/s1. The number of carbonyl (C=O) groups excluding carboxylic acids is 1. The van der Waals surface area contributed by atoms with E-state index in [1.807, 2.05) is 25.1 Å². The summed E-state index contributed by atoms with van der Waals surface area (Å²) in [4.78, 5) is 21.4. The molecule has 0 spiro atoms. The van der Waals surface area contributed by atoms with Gasteiger partial charge in [-0.15, -0.1) is 0 Å². The van der Waals surface area contributed by atoms with Crippen LogP contribution in [0.1, 0.15) is 48.9 Å². The maximum absolute atomic E-state index is 12.7. The molecule has 0 saturated carbocycles. The Morgan fingerprint density at radius 2 is 1.81 bits per heavy atom. The van der Waals surface area contributed by atoms with Gasteiger partial charge in [-0.3, -0.25) is 14.8 Å². The van der Waals surface area contributed by atoms with Crippen molar-refractivity contribution in [1.29, 1.82) is 0 Å². The number of hydrazone groups is 1. The van der Waals surface area contributed by atoms with Crippen molar-refractivity contribution >= 4 is 22.7 Å². The van der Waals surface area contributed by atoms with Crippen molar-refractivity contribution in [2.75, 3.05) is 0 Å². The minimum Gasteiger partial charge on any atom is -0.273 e. The van der Waals surface area contributed by atoms with Crippen LogP contribution >= 0.6 is 0 Å². The van der Waals surface area contributed by atoms with Crippen molar-refractivity contribution in [3.05, 3.63) is 71.5 Å². The van der Waals surface area contributed by atoms with Crippen molar-refractivity contribution in [2.24, 2.45) is 5.10 Å². The Morgan fingerprint density at radius 3 is 2.56 bits per heavy atom. The second-order valence-electron chi connectivity index (χ2n) is 6.93. The van der Waals surface area contributed by atoms with Gasteiger partial charge in [-0.1, -0.05) is 42.8 Å². The number of nitrogens with zero attached hydrogens (tertiary/aromatic N) is 4. The fourth-order valence-electron chi connectivity index (χ4n) is 3.44. The summed E-state index contributed by atoms with van der Waals surface area (Å²) in [5.74, 6) is 0.0591. The van der Waals surface area contributed by atoms with Gasteiger partial charge in [0.05, 0.1) is 22.8 Å². The molecule has 3 aromatic rings. The molecule has 5 heteroatoms. The molecule has 1 atom stereocenters. The molecule has 0 aliphatic carbocycles. The number of amides is 1. The highest BCUT2D eigenvalue weighted by molar-refractivity contribution is 6.03. The van der Waals surface area contributed by atoms with Gasteiger partial charge in [-0.25, -0.2) is 5.01 Å². The Balaban J connectivity index is 1.71. The minimum atomic E-state index is -0.105. The fraction of sp³-hybridized carbons (Fsp3) is 0.273. The number of aromatic nitrogens is 2. The quantitative estimate of drug-likeness (QED) is 0.694. The molecule has 2 heterocycles. The zero-order chi connectivity index (χ0) is 18.8. The van der Waals surface area contributed by atoms with E-state index >= 15 is 0 Å². The minimum absolute atomic E-state index is 0.0591. The first-order valence-electron chi connectivity index (χ1n) is 9.33. The molecule has 1 aliphatic heterocycles. The lowest BCUT2D eigenvalue weighted by Crippen LogP contribution is -2.26. The second kappa shape index (κ2) is 7.27. The van der Waals surface area contributed by atoms with Crippen LogP contribution in [0.5, 0.6) is 0 Å². The summed E-state index contributed by atoms with van der Waals surface area (Å²) < 4.78 is 0. The van der Waals surface area contributed by atoms with E-state index in [1.54, 1.807) is 17.4 Å². The van der Waals surface area contributed by atoms with Gasteiger partial charge in [0.1, 0.15) is 0 Å². The summed E-state index contributed by atoms with van der Waals surface area (Å²) in [5.41, 5.74) is 5.95. The van der Waals surface area contributed by atoms with Crippen LogP contribution < -0.4 is 0 Å². The van der Waals surface area contributed by atoms with E-state index in [1.165, 1.54) is 5.56 Å². The second-order valence-corrected chi connectivity index (χ2v) is 6.93. The molecule has 136 valence electrons. The van der Waals surface area contributed by atoms with Crippen molar-refractivity contribution in [2.45, 2.75) is 39.2 Å². The molecule has 2 aromatic carbocycles. The molecule has 0 bridgehead atoms. The molecular weight excluding hydrogens is 336 g/mol. The van der Waals surface area contributed by atoms with Crippen LogP contribution in [-0.2, 0) is 4.79 Å². The Hall–Kier alpha value is -3.08. The normalized spacial score (nSPS) is 16.6. The van der Waals surface area contributed by atoms with E-state index in [2.05, 4.69) is 41.2 Å². The van der Waals surface area contributed by atoms with Crippen LogP contribution in [0.4, 0.5) is 0 Å². The molecule has 27 heavy (non-hydrogen) atoms. The number of hydrogen-bond acceptors (Lipinski definition) is 4. The molecule has 0 radical (unpaired) electrons.